The third-order valence-corrected chi connectivity index (χ3v) is 3.72. The van der Waals surface area contributed by atoms with Gasteiger partial charge in [0.05, 0.1) is 10.5 Å². The van der Waals surface area contributed by atoms with Crippen molar-refractivity contribution in [3.05, 3.63) is 81.4 Å². The van der Waals surface area contributed by atoms with Gasteiger partial charge in [-0.1, -0.05) is 48.6 Å². The van der Waals surface area contributed by atoms with E-state index < -0.39 is 11.0 Å². The summed E-state index contributed by atoms with van der Waals surface area (Å²) < 4.78 is 5.08. The smallest absolute Gasteiger partial charge is 0.407 e. The maximum atomic E-state index is 11.6. The van der Waals surface area contributed by atoms with Gasteiger partial charge in [-0.3, -0.25) is 14.9 Å². The van der Waals surface area contributed by atoms with Crippen LogP contribution in [0.5, 0.6) is 0 Å². The van der Waals surface area contributed by atoms with Crippen LogP contribution in [-0.2, 0) is 11.3 Å². The van der Waals surface area contributed by atoms with E-state index in [0.29, 0.717) is 24.1 Å². The van der Waals surface area contributed by atoms with Crippen LogP contribution in [-0.4, -0.2) is 23.3 Å². The summed E-state index contributed by atoms with van der Waals surface area (Å²) in [5.41, 5.74) is 1.46. The first-order valence-electron chi connectivity index (χ1n) is 8.38. The van der Waals surface area contributed by atoms with Crippen LogP contribution in [0.4, 0.5) is 10.5 Å². The average Bonchev–Trinajstić information content (AvgIpc) is 2.66. The monoisotopic (exact) mass is 368 g/mol. The molecule has 0 saturated carbocycles. The Morgan fingerprint density at radius 1 is 1.19 bits per heavy atom. The van der Waals surface area contributed by atoms with Crippen LogP contribution in [0.15, 0.2) is 54.6 Å². The molecule has 27 heavy (non-hydrogen) atoms. The normalized spacial score (nSPS) is 10.6. The molecular weight excluding hydrogens is 348 g/mol. The lowest BCUT2D eigenvalue weighted by Crippen LogP contribution is -2.24. The number of carbonyl (C=O) groups excluding carboxylic acids is 2. The quantitative estimate of drug-likeness (QED) is 0.327. The van der Waals surface area contributed by atoms with E-state index in [2.05, 4.69) is 5.32 Å². The van der Waals surface area contributed by atoms with Crippen molar-refractivity contribution in [1.29, 1.82) is 0 Å². The number of hydrogen-bond acceptors (Lipinski definition) is 5. The number of ketones is 1. The molecule has 0 unspecified atom stereocenters. The SMILES string of the molecule is CC(=O)c1ccc(C=CCCNC(=O)OCc2ccccc2)c([N+](=O)[O-])c1. The van der Waals surface area contributed by atoms with Crippen molar-refractivity contribution in [2.75, 3.05) is 6.54 Å². The van der Waals surface area contributed by atoms with Crippen molar-refractivity contribution in [1.82, 2.24) is 5.32 Å². The number of carbonyl (C=O) groups is 2. The first-order chi connectivity index (χ1) is 13.0. The Morgan fingerprint density at radius 3 is 2.59 bits per heavy atom. The second kappa shape index (κ2) is 9.86. The van der Waals surface area contributed by atoms with E-state index in [0.717, 1.165) is 5.56 Å². The van der Waals surface area contributed by atoms with E-state index in [4.69, 9.17) is 4.74 Å². The highest BCUT2D eigenvalue weighted by molar-refractivity contribution is 5.95. The first-order valence-corrected chi connectivity index (χ1v) is 8.38. The highest BCUT2D eigenvalue weighted by Gasteiger charge is 2.14. The zero-order chi connectivity index (χ0) is 19.6. The summed E-state index contributed by atoms with van der Waals surface area (Å²) >= 11 is 0. The van der Waals surface area contributed by atoms with Crippen molar-refractivity contribution in [2.24, 2.45) is 0 Å². The lowest BCUT2D eigenvalue weighted by molar-refractivity contribution is -0.385. The van der Waals surface area contributed by atoms with Crippen LogP contribution >= 0.6 is 0 Å². The first kappa shape index (κ1) is 19.8. The van der Waals surface area contributed by atoms with Crippen molar-refractivity contribution >= 4 is 23.6 Å². The van der Waals surface area contributed by atoms with Gasteiger partial charge in [-0.2, -0.15) is 0 Å². The van der Waals surface area contributed by atoms with Gasteiger partial charge in [0.15, 0.2) is 5.78 Å². The molecule has 0 bridgehead atoms. The lowest BCUT2D eigenvalue weighted by Gasteiger charge is -2.06. The molecule has 0 aliphatic rings. The van der Waals surface area contributed by atoms with Gasteiger partial charge in [-0.05, 0) is 25.0 Å². The molecule has 0 aromatic heterocycles. The Kier molecular flexibility index (Phi) is 7.25. The zero-order valence-electron chi connectivity index (χ0n) is 14.9. The van der Waals surface area contributed by atoms with Crippen molar-refractivity contribution < 1.29 is 19.2 Å². The largest absolute Gasteiger partial charge is 0.445 e. The standard InChI is InChI=1S/C20H20N2O5/c1-15(23)18-11-10-17(19(13-18)22(25)26)9-5-6-12-21-20(24)27-14-16-7-3-2-4-8-16/h2-5,7-11,13H,6,12,14H2,1H3,(H,21,24). The molecule has 140 valence electrons. The van der Waals surface area contributed by atoms with Crippen LogP contribution in [0.25, 0.3) is 6.08 Å². The van der Waals surface area contributed by atoms with Gasteiger partial charge < -0.3 is 10.1 Å². The fraction of sp³-hybridized carbons (Fsp3) is 0.200. The number of hydrogen-bond donors (Lipinski definition) is 1. The van der Waals surface area contributed by atoms with Gasteiger partial charge >= 0.3 is 6.09 Å². The topological polar surface area (TPSA) is 98.5 Å². The summed E-state index contributed by atoms with van der Waals surface area (Å²) in [6.07, 6.45) is 3.27. The molecule has 0 radical (unpaired) electrons. The summed E-state index contributed by atoms with van der Waals surface area (Å²) in [4.78, 5) is 33.6. The fourth-order valence-electron chi connectivity index (χ4n) is 2.30. The van der Waals surface area contributed by atoms with E-state index in [1.54, 1.807) is 18.2 Å². The number of nitro benzene ring substituents is 1. The van der Waals surface area contributed by atoms with Gasteiger partial charge in [-0.15, -0.1) is 0 Å². The van der Waals surface area contributed by atoms with Crippen LogP contribution in [0, 0.1) is 10.1 Å². The van der Waals surface area contributed by atoms with Gasteiger partial charge in [0, 0.05) is 18.2 Å². The Bertz CT molecular complexity index is 847. The Balaban J connectivity index is 1.81. The maximum Gasteiger partial charge on any atom is 0.407 e. The molecule has 0 aliphatic carbocycles. The number of nitrogens with zero attached hydrogens (tertiary/aromatic N) is 1. The molecule has 2 rings (SSSR count). The van der Waals surface area contributed by atoms with E-state index in [1.807, 2.05) is 30.3 Å². The number of nitro groups is 1. The lowest BCUT2D eigenvalue weighted by atomic mass is 10.1. The summed E-state index contributed by atoms with van der Waals surface area (Å²) in [5, 5.41) is 13.8. The Morgan fingerprint density at radius 2 is 1.93 bits per heavy atom. The van der Waals surface area contributed by atoms with Crippen molar-refractivity contribution in [3.8, 4) is 0 Å². The minimum atomic E-state index is -0.524. The molecule has 0 spiro atoms. The minimum Gasteiger partial charge on any atom is -0.445 e. The number of Topliss-reactive ketones (excluding diaryl/α,β-unsaturated/α-hetero) is 1. The second-order valence-electron chi connectivity index (χ2n) is 5.77. The molecule has 2 aromatic rings. The van der Waals surface area contributed by atoms with Gasteiger partial charge in [0.25, 0.3) is 5.69 Å². The Hall–Kier alpha value is -3.48. The molecule has 7 nitrogen and oxygen atoms in total. The number of alkyl carbamates (subject to hydrolysis) is 1. The van der Waals surface area contributed by atoms with Crippen LogP contribution in [0.3, 0.4) is 0 Å². The van der Waals surface area contributed by atoms with E-state index >= 15 is 0 Å². The third kappa shape index (κ3) is 6.39. The number of ether oxygens (including phenoxy) is 1. The zero-order valence-corrected chi connectivity index (χ0v) is 14.9. The maximum absolute atomic E-state index is 11.6. The van der Waals surface area contributed by atoms with Crippen LogP contribution in [0.1, 0.15) is 34.8 Å². The summed E-state index contributed by atoms with van der Waals surface area (Å²) in [7, 11) is 0. The van der Waals surface area contributed by atoms with Crippen LogP contribution < -0.4 is 5.32 Å². The van der Waals surface area contributed by atoms with E-state index in [1.165, 1.54) is 19.1 Å². The minimum absolute atomic E-state index is 0.130. The van der Waals surface area contributed by atoms with Gasteiger partial charge in [0.2, 0.25) is 0 Å². The molecule has 0 fully saturated rings. The predicted octanol–water partition coefficient (Wildman–Crippen LogP) is 4.13. The molecule has 1 amide bonds. The molecule has 0 atom stereocenters. The number of amides is 1. The predicted molar refractivity (Wildman–Crippen MR) is 101 cm³/mol. The highest BCUT2D eigenvalue weighted by atomic mass is 16.6. The molecule has 0 heterocycles. The van der Waals surface area contributed by atoms with E-state index in [-0.39, 0.29) is 18.1 Å². The van der Waals surface area contributed by atoms with Crippen molar-refractivity contribution in [3.63, 3.8) is 0 Å². The number of rotatable bonds is 8. The van der Waals surface area contributed by atoms with Gasteiger partial charge in [0.1, 0.15) is 6.61 Å². The third-order valence-electron chi connectivity index (χ3n) is 3.72. The Labute approximate surface area is 156 Å². The molecule has 0 aliphatic heterocycles. The molecule has 2 aromatic carbocycles. The van der Waals surface area contributed by atoms with Crippen LogP contribution in [0.2, 0.25) is 0 Å². The average molecular weight is 368 g/mol. The summed E-state index contributed by atoms with van der Waals surface area (Å²) in [5.74, 6) is -0.230. The van der Waals surface area contributed by atoms with Gasteiger partial charge in [-0.25, -0.2) is 4.79 Å². The number of benzene rings is 2. The van der Waals surface area contributed by atoms with Crippen molar-refractivity contribution in [2.45, 2.75) is 20.0 Å². The summed E-state index contributed by atoms with van der Waals surface area (Å²) in [6.45, 7) is 1.89. The fourth-order valence-corrected chi connectivity index (χ4v) is 2.30. The highest BCUT2D eigenvalue weighted by Crippen LogP contribution is 2.22. The second-order valence-corrected chi connectivity index (χ2v) is 5.77. The molecular formula is C20H20N2O5. The molecule has 7 heteroatoms. The van der Waals surface area contributed by atoms with E-state index in [9.17, 15) is 19.7 Å². The number of nitrogens with one attached hydrogen (secondary N) is 1. The summed E-state index contributed by atoms with van der Waals surface area (Å²) in [6, 6.07) is 13.7. The molecule has 0 saturated heterocycles. The molecule has 1 N–H and O–H groups in total.